The van der Waals surface area contributed by atoms with Crippen LogP contribution >= 0.6 is 0 Å². The smallest absolute Gasteiger partial charge is 0.434 e. The molecule has 5 nitrogen and oxygen atoms in total. The molecule has 80 valence electrons. The van der Waals surface area contributed by atoms with E-state index in [0.717, 1.165) is 0 Å². The Morgan fingerprint density at radius 1 is 1.40 bits per heavy atom. The zero-order valence-corrected chi connectivity index (χ0v) is 8.85. The number of carbonyl (C=O) groups excluding carboxylic acids is 2. The standard InChI is InChI=1S/C10H12N2O3/c1-10(2,3)15-9(14)12-7-4-5-8(13)11-6-7/h4-6H,1-3H3/b12-7-. The van der Waals surface area contributed by atoms with Gasteiger partial charge in [-0.05, 0) is 26.8 Å². The van der Waals surface area contributed by atoms with E-state index in [4.69, 9.17) is 4.74 Å². The number of dihydropyridines is 1. The molecule has 0 aromatic heterocycles. The molecule has 0 N–H and O–H groups in total. The molecule has 1 aliphatic rings. The van der Waals surface area contributed by atoms with Gasteiger partial charge in [0, 0.05) is 6.08 Å². The van der Waals surface area contributed by atoms with Gasteiger partial charge in [-0.15, -0.1) is 0 Å². The molecule has 0 saturated heterocycles. The molecule has 0 unspecified atom stereocenters. The Morgan fingerprint density at radius 2 is 2.07 bits per heavy atom. The Bertz CT molecular complexity index is 355. The third kappa shape index (κ3) is 4.30. The molecule has 0 bridgehead atoms. The maximum atomic E-state index is 11.2. The Balaban J connectivity index is 2.65. The van der Waals surface area contributed by atoms with Crippen molar-refractivity contribution >= 4 is 23.9 Å². The van der Waals surface area contributed by atoms with Crippen molar-refractivity contribution in [1.29, 1.82) is 0 Å². The van der Waals surface area contributed by atoms with Crippen molar-refractivity contribution in [1.82, 2.24) is 0 Å². The van der Waals surface area contributed by atoms with Gasteiger partial charge in [0.15, 0.2) is 0 Å². The van der Waals surface area contributed by atoms with Gasteiger partial charge in [-0.2, -0.15) is 4.99 Å². The largest absolute Gasteiger partial charge is 0.442 e. The Kier molecular flexibility index (Phi) is 3.14. The average Bonchev–Trinajstić information content (AvgIpc) is 2.05. The van der Waals surface area contributed by atoms with E-state index in [1.165, 1.54) is 18.4 Å². The molecule has 15 heavy (non-hydrogen) atoms. The van der Waals surface area contributed by atoms with E-state index in [9.17, 15) is 9.59 Å². The topological polar surface area (TPSA) is 68.1 Å². The fraction of sp³-hybridized carbons (Fsp3) is 0.400. The molecule has 5 heteroatoms. The van der Waals surface area contributed by atoms with Crippen LogP contribution in [0.4, 0.5) is 4.79 Å². The minimum absolute atomic E-state index is 0.309. The number of ether oxygens (including phenoxy) is 1. The lowest BCUT2D eigenvalue weighted by Crippen LogP contribution is -2.22. The van der Waals surface area contributed by atoms with Crippen molar-refractivity contribution in [2.24, 2.45) is 9.98 Å². The first-order chi connectivity index (χ1) is 6.87. The molecule has 2 amide bonds. The molecule has 0 saturated carbocycles. The molecular formula is C10H12N2O3. The van der Waals surface area contributed by atoms with Gasteiger partial charge in [0.1, 0.15) is 5.60 Å². The van der Waals surface area contributed by atoms with E-state index >= 15 is 0 Å². The van der Waals surface area contributed by atoms with Gasteiger partial charge in [-0.1, -0.05) is 0 Å². The van der Waals surface area contributed by atoms with Crippen LogP contribution < -0.4 is 0 Å². The molecule has 0 aliphatic carbocycles. The average molecular weight is 208 g/mol. The van der Waals surface area contributed by atoms with Gasteiger partial charge < -0.3 is 4.74 Å². The van der Waals surface area contributed by atoms with Crippen LogP contribution in [0, 0.1) is 0 Å². The third-order valence-electron chi connectivity index (χ3n) is 1.33. The summed E-state index contributed by atoms with van der Waals surface area (Å²) in [4.78, 5) is 29.0. The second kappa shape index (κ2) is 4.16. The van der Waals surface area contributed by atoms with Crippen molar-refractivity contribution in [2.75, 3.05) is 0 Å². The Hall–Kier alpha value is -1.78. The van der Waals surface area contributed by atoms with E-state index in [1.54, 1.807) is 20.8 Å². The summed E-state index contributed by atoms with van der Waals surface area (Å²) in [6.07, 6.45) is 3.19. The summed E-state index contributed by atoms with van der Waals surface area (Å²) in [5.41, 5.74) is -0.268. The molecule has 0 atom stereocenters. The van der Waals surface area contributed by atoms with E-state index in [-0.39, 0.29) is 5.91 Å². The second-order valence-electron chi connectivity index (χ2n) is 3.95. The summed E-state index contributed by atoms with van der Waals surface area (Å²) < 4.78 is 4.96. The fourth-order valence-corrected chi connectivity index (χ4v) is 0.829. The Morgan fingerprint density at radius 3 is 2.53 bits per heavy atom. The lowest BCUT2D eigenvalue weighted by molar-refractivity contribution is -0.113. The van der Waals surface area contributed by atoms with Crippen molar-refractivity contribution in [3.05, 3.63) is 12.2 Å². The number of allylic oxidation sites excluding steroid dienone is 1. The Labute approximate surface area is 87.6 Å². The number of hydrogen-bond acceptors (Lipinski definition) is 3. The van der Waals surface area contributed by atoms with Crippen molar-refractivity contribution in [3.8, 4) is 0 Å². The molecule has 0 radical (unpaired) electrons. The van der Waals surface area contributed by atoms with E-state index in [1.807, 2.05) is 0 Å². The first kappa shape index (κ1) is 11.3. The zero-order chi connectivity index (χ0) is 11.5. The first-order valence-corrected chi connectivity index (χ1v) is 4.44. The predicted octanol–water partition coefficient (Wildman–Crippen LogP) is 1.53. The molecule has 1 heterocycles. The van der Waals surface area contributed by atoms with Crippen LogP contribution in [-0.4, -0.2) is 29.5 Å². The highest BCUT2D eigenvalue weighted by Crippen LogP contribution is 2.08. The first-order valence-electron chi connectivity index (χ1n) is 4.44. The van der Waals surface area contributed by atoms with E-state index in [0.29, 0.717) is 5.71 Å². The van der Waals surface area contributed by atoms with Crippen molar-refractivity contribution in [2.45, 2.75) is 26.4 Å². The van der Waals surface area contributed by atoms with Crippen molar-refractivity contribution in [3.63, 3.8) is 0 Å². The number of hydrogen-bond donors (Lipinski definition) is 0. The predicted molar refractivity (Wildman–Crippen MR) is 56.3 cm³/mol. The molecule has 1 aliphatic heterocycles. The lowest BCUT2D eigenvalue weighted by atomic mass is 10.2. The van der Waals surface area contributed by atoms with Gasteiger partial charge in [-0.25, -0.2) is 9.79 Å². The van der Waals surface area contributed by atoms with Gasteiger partial charge in [0.2, 0.25) is 0 Å². The number of aliphatic imine (C=N–C) groups is 2. The van der Waals surface area contributed by atoms with Crippen LogP contribution in [0.3, 0.4) is 0 Å². The van der Waals surface area contributed by atoms with Crippen molar-refractivity contribution < 1.29 is 14.3 Å². The molecular weight excluding hydrogens is 196 g/mol. The SMILES string of the molecule is CC(C)(C)OC(=O)/N=C1/C=CC(=O)N=C1. The second-order valence-corrected chi connectivity index (χ2v) is 3.95. The number of carbonyl (C=O) groups is 2. The summed E-state index contributed by atoms with van der Waals surface area (Å²) in [6, 6.07) is 0. The van der Waals surface area contributed by atoms with Gasteiger partial charge in [0.05, 0.1) is 11.9 Å². The number of nitrogens with zero attached hydrogens (tertiary/aromatic N) is 2. The highest BCUT2D eigenvalue weighted by atomic mass is 16.6. The van der Waals surface area contributed by atoms with Crippen LogP contribution in [0.15, 0.2) is 22.1 Å². The van der Waals surface area contributed by atoms with Crippen LogP contribution in [0.5, 0.6) is 0 Å². The summed E-state index contributed by atoms with van der Waals surface area (Å²) in [5, 5.41) is 0. The minimum Gasteiger partial charge on any atom is -0.442 e. The van der Waals surface area contributed by atoms with Gasteiger partial charge in [-0.3, -0.25) is 4.79 Å². The van der Waals surface area contributed by atoms with Gasteiger partial charge >= 0.3 is 6.09 Å². The molecule has 0 aromatic rings. The summed E-state index contributed by atoms with van der Waals surface area (Å²) >= 11 is 0. The summed E-state index contributed by atoms with van der Waals surface area (Å²) in [5.74, 6) is -0.363. The quantitative estimate of drug-likeness (QED) is 0.606. The van der Waals surface area contributed by atoms with Crippen LogP contribution in [-0.2, 0) is 9.53 Å². The number of rotatable bonds is 0. The lowest BCUT2D eigenvalue weighted by Gasteiger charge is -2.17. The minimum atomic E-state index is -0.692. The maximum Gasteiger partial charge on any atom is 0.434 e. The zero-order valence-electron chi connectivity index (χ0n) is 8.85. The normalized spacial score (nSPS) is 18.3. The van der Waals surface area contributed by atoms with E-state index < -0.39 is 11.7 Å². The van der Waals surface area contributed by atoms with Crippen LogP contribution in [0.2, 0.25) is 0 Å². The highest BCUT2D eigenvalue weighted by molar-refractivity contribution is 6.41. The maximum absolute atomic E-state index is 11.2. The van der Waals surface area contributed by atoms with Crippen LogP contribution in [0.25, 0.3) is 0 Å². The third-order valence-corrected chi connectivity index (χ3v) is 1.33. The molecule has 1 rings (SSSR count). The fourth-order valence-electron chi connectivity index (χ4n) is 0.829. The molecule has 0 fully saturated rings. The van der Waals surface area contributed by atoms with Gasteiger partial charge in [0.25, 0.3) is 5.91 Å². The summed E-state index contributed by atoms with van der Waals surface area (Å²) in [7, 11) is 0. The van der Waals surface area contributed by atoms with E-state index in [2.05, 4.69) is 9.98 Å². The molecule has 0 spiro atoms. The van der Waals surface area contributed by atoms with Crippen LogP contribution in [0.1, 0.15) is 20.8 Å². The monoisotopic (exact) mass is 208 g/mol. The summed E-state index contributed by atoms with van der Waals surface area (Å²) in [6.45, 7) is 5.25. The molecule has 0 aromatic carbocycles. The highest BCUT2D eigenvalue weighted by Gasteiger charge is 2.16. The number of amides is 2.